The molecule has 3 heterocycles. The lowest BCUT2D eigenvalue weighted by molar-refractivity contribution is 0.00660. The summed E-state index contributed by atoms with van der Waals surface area (Å²) in [7, 11) is 0. The van der Waals surface area contributed by atoms with Gasteiger partial charge in [-0.05, 0) is 0 Å². The highest BCUT2D eigenvalue weighted by molar-refractivity contribution is 5.81. The summed E-state index contributed by atoms with van der Waals surface area (Å²) in [5.41, 5.74) is 18.5. The molecule has 6 N–H and O–H groups in total. The molecular formula is C10H15N7O. The molecule has 0 amide bonds. The Kier molecular flexibility index (Phi) is 2.62. The summed E-state index contributed by atoms with van der Waals surface area (Å²) in [5, 5.41) is 0. The molecule has 2 aromatic heterocycles. The molecule has 1 aliphatic heterocycles. The van der Waals surface area contributed by atoms with Gasteiger partial charge in [0.05, 0.1) is 12.4 Å². The van der Waals surface area contributed by atoms with E-state index in [1.54, 1.807) is 6.33 Å². The van der Waals surface area contributed by atoms with Crippen molar-refractivity contribution in [3.8, 4) is 0 Å². The molecule has 0 bridgehead atoms. The van der Waals surface area contributed by atoms with Gasteiger partial charge in [0, 0.05) is 19.0 Å². The number of fused-ring (bicyclic) bond motifs is 1. The number of anilines is 1. The third-order valence-electron chi connectivity index (χ3n) is 3.21. The van der Waals surface area contributed by atoms with E-state index < -0.39 is 0 Å². The Morgan fingerprint density at radius 2 is 2.22 bits per heavy atom. The quantitative estimate of drug-likeness (QED) is 0.620. The van der Waals surface area contributed by atoms with E-state index in [4.69, 9.17) is 21.9 Å². The second-order valence-corrected chi connectivity index (χ2v) is 4.35. The van der Waals surface area contributed by atoms with Gasteiger partial charge in [-0.1, -0.05) is 0 Å². The average molecular weight is 249 g/mol. The van der Waals surface area contributed by atoms with Crippen LogP contribution in [0.25, 0.3) is 11.2 Å². The normalized spacial score (nSPS) is 28.0. The van der Waals surface area contributed by atoms with Crippen molar-refractivity contribution >= 4 is 17.0 Å². The van der Waals surface area contributed by atoms with Crippen LogP contribution in [0.1, 0.15) is 12.6 Å². The first-order valence-electron chi connectivity index (χ1n) is 5.75. The minimum absolute atomic E-state index is 0.0726. The molecule has 8 heteroatoms. The Labute approximate surface area is 103 Å². The van der Waals surface area contributed by atoms with Crippen LogP contribution in [0.4, 0.5) is 5.82 Å². The van der Waals surface area contributed by atoms with E-state index in [0.717, 1.165) is 0 Å². The molecule has 0 unspecified atom stereocenters. The summed E-state index contributed by atoms with van der Waals surface area (Å²) in [4.78, 5) is 12.3. The van der Waals surface area contributed by atoms with Crippen molar-refractivity contribution in [2.75, 3.05) is 12.3 Å². The highest BCUT2D eigenvalue weighted by Gasteiger charge is 2.33. The van der Waals surface area contributed by atoms with E-state index in [2.05, 4.69) is 15.0 Å². The molecule has 0 aliphatic carbocycles. The van der Waals surface area contributed by atoms with Gasteiger partial charge in [0.2, 0.25) is 0 Å². The third-order valence-corrected chi connectivity index (χ3v) is 3.21. The fraction of sp³-hybridized carbons (Fsp3) is 0.500. The number of nitrogens with two attached hydrogens (primary N) is 3. The van der Waals surface area contributed by atoms with Gasteiger partial charge in [0.25, 0.3) is 0 Å². The Balaban J connectivity index is 1.99. The second-order valence-electron chi connectivity index (χ2n) is 4.35. The fourth-order valence-electron chi connectivity index (χ4n) is 2.23. The van der Waals surface area contributed by atoms with Crippen LogP contribution in [0.2, 0.25) is 0 Å². The van der Waals surface area contributed by atoms with Crippen LogP contribution in [0.3, 0.4) is 0 Å². The predicted molar refractivity (Wildman–Crippen MR) is 65.3 cm³/mol. The van der Waals surface area contributed by atoms with Crippen LogP contribution in [-0.2, 0) is 4.74 Å². The van der Waals surface area contributed by atoms with Crippen LogP contribution >= 0.6 is 0 Å². The summed E-state index contributed by atoms with van der Waals surface area (Å²) in [6, 6.07) is -0.0726. The third kappa shape index (κ3) is 1.62. The lowest BCUT2D eigenvalue weighted by atomic mass is 10.1. The zero-order chi connectivity index (χ0) is 12.7. The molecule has 0 saturated carbocycles. The maximum absolute atomic E-state index is 5.96. The maximum Gasteiger partial charge on any atom is 0.167 e. The molecule has 1 fully saturated rings. The zero-order valence-corrected chi connectivity index (χ0v) is 9.73. The van der Waals surface area contributed by atoms with E-state index in [-0.39, 0.29) is 18.4 Å². The molecule has 0 spiro atoms. The number of imidazole rings is 1. The van der Waals surface area contributed by atoms with Gasteiger partial charge in [-0.3, -0.25) is 4.57 Å². The number of ether oxygens (including phenoxy) is 1. The number of hydrogen-bond acceptors (Lipinski definition) is 7. The smallest absolute Gasteiger partial charge is 0.167 e. The van der Waals surface area contributed by atoms with Crippen LogP contribution in [0, 0.1) is 0 Å². The molecule has 3 rings (SSSR count). The van der Waals surface area contributed by atoms with Crippen LogP contribution in [0.5, 0.6) is 0 Å². The zero-order valence-electron chi connectivity index (χ0n) is 9.73. The van der Waals surface area contributed by atoms with Crippen molar-refractivity contribution in [1.29, 1.82) is 0 Å². The topological polar surface area (TPSA) is 131 Å². The first-order chi connectivity index (χ1) is 8.70. The second kappa shape index (κ2) is 4.16. The van der Waals surface area contributed by atoms with Crippen LogP contribution in [0.15, 0.2) is 12.7 Å². The number of aromatic nitrogens is 4. The molecule has 2 aromatic rings. The van der Waals surface area contributed by atoms with E-state index >= 15 is 0 Å². The summed E-state index contributed by atoms with van der Waals surface area (Å²) in [6.45, 7) is 0.404. The average Bonchev–Trinajstić information content (AvgIpc) is 2.93. The summed E-state index contributed by atoms with van der Waals surface area (Å²) in [6.07, 6.45) is 3.40. The Hall–Kier alpha value is -1.77. The molecule has 3 atom stereocenters. The molecule has 8 nitrogen and oxygen atoms in total. The number of hydrogen-bond donors (Lipinski definition) is 3. The Morgan fingerprint density at radius 3 is 2.94 bits per heavy atom. The molecule has 1 saturated heterocycles. The van der Waals surface area contributed by atoms with Crippen molar-refractivity contribution in [1.82, 2.24) is 19.5 Å². The first-order valence-corrected chi connectivity index (χ1v) is 5.75. The van der Waals surface area contributed by atoms with E-state index in [0.29, 0.717) is 29.9 Å². The van der Waals surface area contributed by atoms with Gasteiger partial charge in [0.1, 0.15) is 18.1 Å². The van der Waals surface area contributed by atoms with Gasteiger partial charge in [-0.2, -0.15) is 0 Å². The van der Waals surface area contributed by atoms with Gasteiger partial charge >= 0.3 is 0 Å². The lowest BCUT2D eigenvalue weighted by Gasteiger charge is -2.14. The minimum Gasteiger partial charge on any atom is -0.382 e. The number of nitrogen functional groups attached to an aromatic ring is 1. The molecule has 18 heavy (non-hydrogen) atoms. The summed E-state index contributed by atoms with van der Waals surface area (Å²) in [5.74, 6) is 0.358. The SMILES string of the molecule is NC[C@H]1O[C@@H](n2cnc3c(N)ncnc32)C[C@@H]1N. The highest BCUT2D eigenvalue weighted by Crippen LogP contribution is 2.29. The first kappa shape index (κ1) is 11.3. The largest absolute Gasteiger partial charge is 0.382 e. The molecular weight excluding hydrogens is 234 g/mol. The fourth-order valence-corrected chi connectivity index (χ4v) is 2.23. The van der Waals surface area contributed by atoms with Crippen molar-refractivity contribution in [3.63, 3.8) is 0 Å². The Bertz CT molecular complexity index is 568. The predicted octanol–water partition coefficient (Wildman–Crippen LogP) is -1.02. The van der Waals surface area contributed by atoms with E-state index in [1.807, 2.05) is 4.57 Å². The monoisotopic (exact) mass is 249 g/mol. The number of nitrogens with zero attached hydrogens (tertiary/aromatic N) is 4. The molecule has 0 radical (unpaired) electrons. The van der Waals surface area contributed by atoms with Gasteiger partial charge in [-0.25, -0.2) is 15.0 Å². The summed E-state index contributed by atoms with van der Waals surface area (Å²) >= 11 is 0. The lowest BCUT2D eigenvalue weighted by Crippen LogP contribution is -2.35. The Morgan fingerprint density at radius 1 is 1.39 bits per heavy atom. The molecule has 0 aromatic carbocycles. The van der Waals surface area contributed by atoms with Crippen molar-refractivity contribution in [2.24, 2.45) is 11.5 Å². The number of rotatable bonds is 2. The van der Waals surface area contributed by atoms with Crippen LogP contribution in [-0.4, -0.2) is 38.2 Å². The standard InChI is InChI=1S/C10H15N7O/c11-2-6-5(12)1-7(18-6)17-4-16-8-9(13)14-3-15-10(8)17/h3-7H,1-2,11-12H2,(H2,13,14,15)/t5-,6+,7+/m0/s1. The minimum atomic E-state index is -0.201. The van der Waals surface area contributed by atoms with Crippen molar-refractivity contribution < 1.29 is 4.74 Å². The van der Waals surface area contributed by atoms with Crippen LogP contribution < -0.4 is 17.2 Å². The van der Waals surface area contributed by atoms with Crippen molar-refractivity contribution in [2.45, 2.75) is 24.8 Å². The molecule has 96 valence electrons. The summed E-state index contributed by atoms with van der Waals surface area (Å²) < 4.78 is 7.61. The highest BCUT2D eigenvalue weighted by atomic mass is 16.5. The molecule has 1 aliphatic rings. The van der Waals surface area contributed by atoms with E-state index in [1.165, 1.54) is 6.33 Å². The van der Waals surface area contributed by atoms with Gasteiger partial charge in [-0.15, -0.1) is 0 Å². The van der Waals surface area contributed by atoms with Gasteiger partial charge in [0.15, 0.2) is 11.5 Å². The maximum atomic E-state index is 5.96. The van der Waals surface area contributed by atoms with E-state index in [9.17, 15) is 0 Å². The van der Waals surface area contributed by atoms with Gasteiger partial charge < -0.3 is 21.9 Å². The van der Waals surface area contributed by atoms with Crippen molar-refractivity contribution in [3.05, 3.63) is 12.7 Å².